The van der Waals surface area contributed by atoms with Crippen LogP contribution >= 0.6 is 0 Å². The maximum atomic E-state index is 12.0. The van der Waals surface area contributed by atoms with Crippen LogP contribution in [0.5, 0.6) is 0 Å². The SMILES string of the molecule is CC1(C)O[C@H]2O[C@@H]3Cn4nnc(-c5nnn6c5[C@@]5(O)[C@@H](C6)O[C@@H]6OC(C)(C)O[C@@H]65)c4[C@]3(O)[C@H]2O1. The van der Waals surface area contributed by atoms with Gasteiger partial charge in [0.15, 0.2) is 35.4 Å². The number of hydrogen-bond donors (Lipinski definition) is 2. The molecule has 2 N–H and O–H groups in total. The third-order valence-corrected chi connectivity index (χ3v) is 7.69. The van der Waals surface area contributed by atoms with Crippen molar-refractivity contribution in [1.29, 1.82) is 0 Å². The van der Waals surface area contributed by atoms with Gasteiger partial charge in [0.1, 0.15) is 47.2 Å². The quantitative estimate of drug-likeness (QED) is 0.502. The van der Waals surface area contributed by atoms with Gasteiger partial charge in [0, 0.05) is 0 Å². The van der Waals surface area contributed by atoms with Crippen molar-refractivity contribution < 1.29 is 38.6 Å². The fraction of sp³-hybridized carbons (Fsp3) is 0.800. The van der Waals surface area contributed by atoms with Crippen LogP contribution < -0.4 is 0 Å². The van der Waals surface area contributed by atoms with E-state index in [9.17, 15) is 10.2 Å². The zero-order chi connectivity index (χ0) is 23.4. The summed E-state index contributed by atoms with van der Waals surface area (Å²) in [7, 11) is 0. The summed E-state index contributed by atoms with van der Waals surface area (Å²) in [6.07, 6.45) is -4.27. The predicted octanol–water partition coefficient (Wildman–Crippen LogP) is -1.31. The van der Waals surface area contributed by atoms with Crippen LogP contribution in [0.2, 0.25) is 0 Å². The highest BCUT2D eigenvalue weighted by Gasteiger charge is 2.71. The number of aromatic nitrogens is 6. The summed E-state index contributed by atoms with van der Waals surface area (Å²) in [5.41, 5.74) is -1.78. The molecule has 4 saturated heterocycles. The summed E-state index contributed by atoms with van der Waals surface area (Å²) in [5, 5.41) is 41.1. The Morgan fingerprint density at radius 3 is 1.53 bits per heavy atom. The number of rotatable bonds is 1. The first-order valence-electron chi connectivity index (χ1n) is 11.4. The van der Waals surface area contributed by atoms with Gasteiger partial charge in [0.05, 0.1) is 13.1 Å². The molecule has 0 saturated carbocycles. The fourth-order valence-electron chi connectivity index (χ4n) is 6.40. The summed E-state index contributed by atoms with van der Waals surface area (Å²) in [6.45, 7) is 7.61. The topological polar surface area (TPSA) is 157 Å². The van der Waals surface area contributed by atoms with E-state index in [0.29, 0.717) is 22.8 Å². The van der Waals surface area contributed by atoms with Gasteiger partial charge in [-0.05, 0) is 27.7 Å². The number of nitrogens with zero attached hydrogens (tertiary/aromatic N) is 6. The Bertz CT molecular complexity index is 1150. The molecule has 8 heterocycles. The van der Waals surface area contributed by atoms with Gasteiger partial charge in [-0.1, -0.05) is 10.4 Å². The van der Waals surface area contributed by atoms with E-state index in [1.54, 1.807) is 37.1 Å². The molecule has 0 radical (unpaired) electrons. The Balaban J connectivity index is 1.26. The van der Waals surface area contributed by atoms with Crippen molar-refractivity contribution in [3.63, 3.8) is 0 Å². The maximum Gasteiger partial charge on any atom is 0.191 e. The number of aliphatic hydroxyl groups is 2. The average molecular weight is 476 g/mol. The van der Waals surface area contributed by atoms with Crippen molar-refractivity contribution in [2.75, 3.05) is 0 Å². The molecular formula is C20H24N6O8. The van der Waals surface area contributed by atoms with Crippen LogP contribution in [0.4, 0.5) is 0 Å². The van der Waals surface area contributed by atoms with E-state index in [1.165, 1.54) is 0 Å². The van der Waals surface area contributed by atoms with Gasteiger partial charge in [0.25, 0.3) is 0 Å². The highest BCUT2D eigenvalue weighted by Crippen LogP contribution is 2.56. The summed E-state index contributed by atoms with van der Waals surface area (Å²) >= 11 is 0. The maximum absolute atomic E-state index is 12.0. The molecular weight excluding hydrogens is 452 g/mol. The fourth-order valence-corrected chi connectivity index (χ4v) is 6.40. The Hall–Kier alpha value is -2.04. The van der Waals surface area contributed by atoms with E-state index in [2.05, 4.69) is 20.6 Å². The van der Waals surface area contributed by atoms with E-state index >= 15 is 0 Å². The molecule has 14 nitrogen and oxygen atoms in total. The van der Waals surface area contributed by atoms with E-state index in [-0.39, 0.29) is 13.1 Å². The lowest BCUT2D eigenvalue weighted by Crippen LogP contribution is -2.45. The molecule has 182 valence electrons. The summed E-state index contributed by atoms with van der Waals surface area (Å²) in [5.74, 6) is -1.83. The lowest BCUT2D eigenvalue weighted by molar-refractivity contribution is -0.228. The molecule has 6 aliphatic heterocycles. The first-order chi connectivity index (χ1) is 16.0. The summed E-state index contributed by atoms with van der Waals surface area (Å²) < 4.78 is 38.9. The standard InChI is InChI=1S/C20H24N6O8/c1-17(2)31-13-15(33-17)29-7-5-25-11(19(7,13)27)9(21-23-25)10-12-20(28)8(6-26(12)24-22-10)30-16-14(20)32-18(3,4)34-16/h7-8,13-16,27-28H,5-6H2,1-4H3/t7-,8-,13+,14+,15-,16-,19+,20+/m1/s1. The Morgan fingerprint density at radius 1 is 0.706 bits per heavy atom. The van der Waals surface area contributed by atoms with E-state index in [1.807, 2.05) is 0 Å². The Labute approximate surface area is 192 Å². The molecule has 0 aliphatic carbocycles. The van der Waals surface area contributed by atoms with Gasteiger partial charge >= 0.3 is 0 Å². The molecule has 8 atom stereocenters. The minimum Gasteiger partial charge on any atom is -0.378 e. The third kappa shape index (κ3) is 2.16. The summed E-state index contributed by atoms with van der Waals surface area (Å²) in [4.78, 5) is 0. The molecule has 2 aromatic heterocycles. The van der Waals surface area contributed by atoms with Crippen molar-refractivity contribution in [2.45, 2.75) is 101 Å². The molecule has 6 aliphatic rings. The van der Waals surface area contributed by atoms with Crippen LogP contribution in [-0.4, -0.2) is 88.8 Å². The first kappa shape index (κ1) is 20.2. The molecule has 2 aromatic rings. The Kier molecular flexibility index (Phi) is 3.37. The van der Waals surface area contributed by atoms with Crippen molar-refractivity contribution in [1.82, 2.24) is 30.0 Å². The van der Waals surface area contributed by atoms with Crippen molar-refractivity contribution >= 4 is 0 Å². The minimum absolute atomic E-state index is 0.272. The van der Waals surface area contributed by atoms with Gasteiger partial charge in [0.2, 0.25) is 0 Å². The van der Waals surface area contributed by atoms with E-state index in [4.69, 9.17) is 28.4 Å². The second-order valence-electron chi connectivity index (χ2n) is 10.7. The summed E-state index contributed by atoms with van der Waals surface area (Å²) in [6, 6.07) is 0. The van der Waals surface area contributed by atoms with Crippen LogP contribution in [0.25, 0.3) is 11.4 Å². The highest BCUT2D eigenvalue weighted by molar-refractivity contribution is 5.64. The smallest absolute Gasteiger partial charge is 0.191 e. The molecule has 4 fully saturated rings. The largest absolute Gasteiger partial charge is 0.378 e. The van der Waals surface area contributed by atoms with Crippen molar-refractivity contribution in [3.8, 4) is 11.4 Å². The van der Waals surface area contributed by atoms with Gasteiger partial charge in [-0.2, -0.15) is 0 Å². The van der Waals surface area contributed by atoms with Gasteiger partial charge < -0.3 is 38.6 Å². The van der Waals surface area contributed by atoms with Crippen LogP contribution in [0, 0.1) is 0 Å². The van der Waals surface area contributed by atoms with Crippen molar-refractivity contribution in [2.24, 2.45) is 0 Å². The number of ether oxygens (including phenoxy) is 6. The first-order valence-corrected chi connectivity index (χ1v) is 11.4. The molecule has 0 unspecified atom stereocenters. The molecule has 0 amide bonds. The second-order valence-corrected chi connectivity index (χ2v) is 10.7. The minimum atomic E-state index is -1.57. The van der Waals surface area contributed by atoms with Crippen LogP contribution in [0.15, 0.2) is 0 Å². The highest BCUT2D eigenvalue weighted by atomic mass is 16.8. The van der Waals surface area contributed by atoms with Crippen LogP contribution in [0.1, 0.15) is 39.1 Å². The van der Waals surface area contributed by atoms with E-state index in [0.717, 1.165) is 0 Å². The lowest BCUT2D eigenvalue weighted by atomic mass is 9.86. The Morgan fingerprint density at radius 2 is 1.12 bits per heavy atom. The molecule has 0 spiro atoms. The average Bonchev–Trinajstić information content (AvgIpc) is 3.56. The van der Waals surface area contributed by atoms with Crippen molar-refractivity contribution in [3.05, 3.63) is 11.4 Å². The van der Waals surface area contributed by atoms with E-state index < -0.39 is 59.8 Å². The van der Waals surface area contributed by atoms with Gasteiger partial charge in [-0.25, -0.2) is 9.36 Å². The molecule has 8 rings (SSSR count). The normalized spacial score (nSPS) is 46.3. The monoisotopic (exact) mass is 476 g/mol. The van der Waals surface area contributed by atoms with Gasteiger partial charge in [-0.15, -0.1) is 10.2 Å². The van der Waals surface area contributed by atoms with Gasteiger partial charge in [-0.3, -0.25) is 0 Å². The predicted molar refractivity (Wildman–Crippen MR) is 104 cm³/mol. The molecule has 14 heteroatoms. The lowest BCUT2D eigenvalue weighted by Gasteiger charge is -2.29. The number of fused-ring (bicyclic) bond motifs is 10. The van der Waals surface area contributed by atoms with Crippen LogP contribution in [0.3, 0.4) is 0 Å². The third-order valence-electron chi connectivity index (χ3n) is 7.69. The molecule has 0 bridgehead atoms. The van der Waals surface area contributed by atoms with Crippen LogP contribution in [-0.2, 0) is 52.7 Å². The number of hydrogen-bond acceptors (Lipinski definition) is 12. The zero-order valence-corrected chi connectivity index (χ0v) is 18.9. The molecule has 34 heavy (non-hydrogen) atoms. The molecule has 0 aromatic carbocycles. The second kappa shape index (κ2) is 5.68. The zero-order valence-electron chi connectivity index (χ0n) is 18.9.